The van der Waals surface area contributed by atoms with Crippen molar-refractivity contribution in [3.63, 3.8) is 0 Å². The van der Waals surface area contributed by atoms with E-state index in [4.69, 9.17) is 16.3 Å². The summed E-state index contributed by atoms with van der Waals surface area (Å²) in [5.41, 5.74) is 2.97. The fraction of sp³-hybridized carbons (Fsp3) is 0.276. The zero-order valence-electron chi connectivity index (χ0n) is 21.7. The largest absolute Gasteiger partial charge is 0.496 e. The zero-order valence-corrected chi connectivity index (χ0v) is 23.3. The molecule has 0 saturated heterocycles. The molecule has 0 atom stereocenters. The molecule has 0 aliphatic carbocycles. The van der Waals surface area contributed by atoms with E-state index in [1.807, 2.05) is 54.7 Å². The lowest BCUT2D eigenvalue weighted by atomic mass is 10.1. The van der Waals surface area contributed by atoms with Gasteiger partial charge in [0.25, 0.3) is 0 Å². The van der Waals surface area contributed by atoms with Gasteiger partial charge in [-0.3, -0.25) is 4.79 Å². The molecule has 0 radical (unpaired) electrons. The number of para-hydroxylation sites is 2. The van der Waals surface area contributed by atoms with E-state index in [1.54, 1.807) is 25.9 Å². The number of nitrogens with one attached hydrogen (secondary N) is 1. The number of sulfonamides is 1. The van der Waals surface area contributed by atoms with Gasteiger partial charge < -0.3 is 14.6 Å². The number of hydrogen-bond donors (Lipinski definition) is 1. The fourth-order valence-corrected chi connectivity index (χ4v) is 6.16. The summed E-state index contributed by atoms with van der Waals surface area (Å²) in [7, 11) is -2.33. The third-order valence-electron chi connectivity index (χ3n) is 6.52. The van der Waals surface area contributed by atoms with Crippen molar-refractivity contribution < 1.29 is 17.9 Å². The number of aromatic nitrogens is 1. The Balaban J connectivity index is 1.61. The van der Waals surface area contributed by atoms with E-state index in [9.17, 15) is 13.2 Å². The van der Waals surface area contributed by atoms with Crippen molar-refractivity contribution >= 4 is 38.4 Å². The number of rotatable bonds is 11. The number of fused-ring (bicyclic) bond motifs is 1. The maximum atomic E-state index is 13.8. The van der Waals surface area contributed by atoms with Crippen molar-refractivity contribution in [1.29, 1.82) is 0 Å². The second-order valence-corrected chi connectivity index (χ2v) is 11.7. The highest BCUT2D eigenvalue weighted by Gasteiger charge is 2.31. The minimum absolute atomic E-state index is 0.0958. The maximum absolute atomic E-state index is 13.8. The molecule has 1 aromatic heterocycles. The molecule has 0 spiro atoms. The van der Waals surface area contributed by atoms with Crippen LogP contribution in [0.5, 0.6) is 5.75 Å². The molecule has 9 heteroatoms. The summed E-state index contributed by atoms with van der Waals surface area (Å²) in [6, 6.07) is 21.1. The van der Waals surface area contributed by atoms with E-state index in [-0.39, 0.29) is 23.9 Å². The number of methoxy groups -OCH3 is 1. The summed E-state index contributed by atoms with van der Waals surface area (Å²) in [4.78, 5) is 18.8. The fourth-order valence-electron chi connectivity index (χ4n) is 4.45. The van der Waals surface area contributed by atoms with Crippen LogP contribution in [0, 0.1) is 0 Å². The Labute approximate surface area is 229 Å². The Hall–Kier alpha value is -3.33. The van der Waals surface area contributed by atoms with Crippen molar-refractivity contribution in [2.75, 3.05) is 20.2 Å². The molecule has 4 rings (SSSR count). The molecule has 0 aliphatic heterocycles. The predicted octanol–water partition coefficient (Wildman–Crippen LogP) is 5.50. The predicted molar refractivity (Wildman–Crippen MR) is 151 cm³/mol. The van der Waals surface area contributed by atoms with Gasteiger partial charge in [0.05, 0.1) is 18.6 Å². The minimum atomic E-state index is -3.92. The van der Waals surface area contributed by atoms with Gasteiger partial charge in [-0.25, -0.2) is 8.42 Å². The van der Waals surface area contributed by atoms with Crippen LogP contribution in [-0.2, 0) is 27.8 Å². The SMILES string of the molecule is COc1ccccc1CN(CCc1c[nH]c2ccccc12)C(=O)CN(C(C)C)S(=O)(=O)c1ccc(Cl)cc1. The van der Waals surface area contributed by atoms with Gasteiger partial charge in [-0.2, -0.15) is 4.31 Å². The van der Waals surface area contributed by atoms with E-state index in [0.717, 1.165) is 22.0 Å². The molecular weight excluding hydrogens is 522 g/mol. The van der Waals surface area contributed by atoms with E-state index in [2.05, 4.69) is 4.98 Å². The molecule has 0 unspecified atom stereocenters. The third-order valence-corrected chi connectivity index (χ3v) is 8.81. The highest BCUT2D eigenvalue weighted by atomic mass is 35.5. The first-order valence-electron chi connectivity index (χ1n) is 12.4. The number of amides is 1. The first kappa shape index (κ1) is 27.7. The first-order chi connectivity index (χ1) is 18.2. The number of carbonyl (C=O) groups excluding carboxylic acids is 1. The van der Waals surface area contributed by atoms with Crippen LogP contribution >= 0.6 is 11.6 Å². The van der Waals surface area contributed by atoms with Crippen LogP contribution in [0.4, 0.5) is 0 Å². The highest BCUT2D eigenvalue weighted by molar-refractivity contribution is 7.89. The lowest BCUT2D eigenvalue weighted by Crippen LogP contribution is -2.46. The Kier molecular flexibility index (Phi) is 8.76. The van der Waals surface area contributed by atoms with Crippen molar-refractivity contribution in [1.82, 2.24) is 14.2 Å². The minimum Gasteiger partial charge on any atom is -0.496 e. The number of aromatic amines is 1. The summed E-state index contributed by atoms with van der Waals surface area (Å²) in [5.74, 6) is 0.383. The van der Waals surface area contributed by atoms with Crippen LogP contribution in [0.1, 0.15) is 25.0 Å². The third kappa shape index (κ3) is 6.20. The molecule has 3 aromatic carbocycles. The van der Waals surface area contributed by atoms with Gasteiger partial charge in [0, 0.05) is 46.8 Å². The van der Waals surface area contributed by atoms with Gasteiger partial charge in [0.1, 0.15) is 5.75 Å². The number of nitrogens with zero attached hydrogens (tertiary/aromatic N) is 2. The molecule has 200 valence electrons. The number of ether oxygens (including phenoxy) is 1. The van der Waals surface area contributed by atoms with E-state index >= 15 is 0 Å². The Morgan fingerprint density at radius 3 is 2.37 bits per heavy atom. The molecule has 0 saturated carbocycles. The second kappa shape index (κ2) is 12.0. The molecule has 0 fully saturated rings. The topological polar surface area (TPSA) is 82.7 Å². The molecule has 4 aromatic rings. The molecule has 38 heavy (non-hydrogen) atoms. The number of H-pyrrole nitrogens is 1. The smallest absolute Gasteiger partial charge is 0.243 e. The number of benzene rings is 3. The molecular formula is C29H32ClN3O4S. The zero-order chi connectivity index (χ0) is 27.3. The molecule has 7 nitrogen and oxygen atoms in total. The first-order valence-corrected chi connectivity index (χ1v) is 14.2. The van der Waals surface area contributed by atoms with Crippen molar-refractivity contribution in [3.05, 3.63) is 95.1 Å². The summed E-state index contributed by atoms with van der Waals surface area (Å²) >= 11 is 5.96. The lowest BCUT2D eigenvalue weighted by Gasteiger charge is -2.30. The molecule has 0 bridgehead atoms. The van der Waals surface area contributed by atoms with Crippen LogP contribution in [0.3, 0.4) is 0 Å². The monoisotopic (exact) mass is 553 g/mol. The summed E-state index contributed by atoms with van der Waals surface area (Å²) in [6.07, 6.45) is 2.57. The van der Waals surface area contributed by atoms with Crippen molar-refractivity contribution in [3.8, 4) is 5.75 Å². The number of hydrogen-bond acceptors (Lipinski definition) is 4. The summed E-state index contributed by atoms with van der Waals surface area (Å²) in [5, 5.41) is 1.54. The van der Waals surface area contributed by atoms with E-state index < -0.39 is 16.1 Å². The van der Waals surface area contributed by atoms with Gasteiger partial charge in [-0.1, -0.05) is 48.0 Å². The van der Waals surface area contributed by atoms with Crippen molar-refractivity contribution in [2.45, 2.75) is 37.8 Å². The standard InChI is InChI=1S/C29H32ClN3O4S/c1-21(2)33(38(35,36)25-14-12-24(30)13-15-25)20-29(34)32(19-23-8-4-7-11-28(23)37-3)17-16-22-18-31-27-10-6-5-9-26(22)27/h4-15,18,21,31H,16-17,19-20H2,1-3H3. The van der Waals surface area contributed by atoms with Gasteiger partial charge in [-0.05, 0) is 62.2 Å². The quantitative estimate of drug-likeness (QED) is 0.266. The number of halogens is 1. The average Bonchev–Trinajstić information content (AvgIpc) is 3.32. The highest BCUT2D eigenvalue weighted by Crippen LogP contribution is 2.24. The summed E-state index contributed by atoms with van der Waals surface area (Å²) < 4.78 is 33.7. The van der Waals surface area contributed by atoms with E-state index in [1.165, 1.54) is 28.6 Å². The Bertz CT molecular complexity index is 1500. The van der Waals surface area contributed by atoms with Crippen LogP contribution in [0.15, 0.2) is 83.9 Å². The molecule has 1 amide bonds. The maximum Gasteiger partial charge on any atom is 0.243 e. The Morgan fingerprint density at radius 2 is 1.66 bits per heavy atom. The second-order valence-electron chi connectivity index (χ2n) is 9.33. The van der Waals surface area contributed by atoms with Gasteiger partial charge >= 0.3 is 0 Å². The average molecular weight is 554 g/mol. The van der Waals surface area contributed by atoms with Crippen LogP contribution in [0.25, 0.3) is 10.9 Å². The molecule has 1 N–H and O–H groups in total. The molecule has 0 aliphatic rings. The Morgan fingerprint density at radius 1 is 0.974 bits per heavy atom. The normalized spacial score (nSPS) is 11.8. The van der Waals surface area contributed by atoms with Gasteiger partial charge in [0.15, 0.2) is 0 Å². The van der Waals surface area contributed by atoms with Crippen LogP contribution < -0.4 is 4.74 Å². The summed E-state index contributed by atoms with van der Waals surface area (Å²) in [6.45, 7) is 3.93. The van der Waals surface area contributed by atoms with E-state index in [0.29, 0.717) is 23.7 Å². The van der Waals surface area contributed by atoms with Crippen LogP contribution in [-0.4, -0.2) is 54.8 Å². The molecule has 1 heterocycles. The van der Waals surface area contributed by atoms with Gasteiger partial charge in [-0.15, -0.1) is 0 Å². The van der Waals surface area contributed by atoms with Crippen molar-refractivity contribution in [2.24, 2.45) is 0 Å². The van der Waals surface area contributed by atoms with Crippen LogP contribution in [0.2, 0.25) is 5.02 Å². The van der Waals surface area contributed by atoms with Gasteiger partial charge in [0.2, 0.25) is 15.9 Å². The lowest BCUT2D eigenvalue weighted by molar-refractivity contribution is -0.132. The number of carbonyl (C=O) groups is 1.